The molecule has 132 valence electrons. The van der Waals surface area contributed by atoms with Crippen LogP contribution in [-0.4, -0.2) is 14.6 Å². The highest BCUT2D eigenvalue weighted by molar-refractivity contribution is 7.65. The average molecular weight is 353 g/mol. The van der Waals surface area contributed by atoms with Gasteiger partial charge in [-0.05, 0) is 11.6 Å². The van der Waals surface area contributed by atoms with E-state index in [0.29, 0.717) is 0 Å². The van der Waals surface area contributed by atoms with Crippen LogP contribution < -0.4 is 0 Å². The first-order valence-electron chi connectivity index (χ1n) is 8.84. The Labute approximate surface area is 151 Å². The molecule has 25 heavy (non-hydrogen) atoms. The molecule has 0 atom stereocenters. The third kappa shape index (κ3) is 2.77. The van der Waals surface area contributed by atoms with Crippen molar-refractivity contribution in [1.82, 2.24) is 4.34 Å². The van der Waals surface area contributed by atoms with Crippen LogP contribution in [0.5, 0.6) is 0 Å². The minimum atomic E-state index is -2.77. The summed E-state index contributed by atoms with van der Waals surface area (Å²) in [5.41, 5.74) is 3.35. The van der Waals surface area contributed by atoms with Crippen LogP contribution in [0.1, 0.15) is 41.5 Å². The van der Waals surface area contributed by atoms with Crippen molar-refractivity contribution in [3.63, 3.8) is 0 Å². The van der Waals surface area contributed by atoms with E-state index in [2.05, 4.69) is 94.5 Å². The maximum Gasteiger partial charge on any atom is 0.186 e. The van der Waals surface area contributed by atoms with E-state index >= 15 is 0 Å². The van der Waals surface area contributed by atoms with Crippen LogP contribution in [0.4, 0.5) is 0 Å². The predicted octanol–water partition coefficient (Wildman–Crippen LogP) is 7.03. The number of aromatic nitrogens is 1. The maximum atomic E-state index is 14.5. The van der Waals surface area contributed by atoms with Gasteiger partial charge in [-0.3, -0.25) is 8.90 Å². The fraction of sp³-hybridized carbons (Fsp3) is 0.364. The Morgan fingerprint density at radius 1 is 0.760 bits per heavy atom. The molecule has 0 bridgehead atoms. The van der Waals surface area contributed by atoms with Crippen molar-refractivity contribution in [3.8, 4) is 11.1 Å². The SMILES string of the molecule is CC(C)(C)P(=O)(n1cc(-c2ccccc2)c2ccccc21)C(C)(C)C. The Kier molecular flexibility index (Phi) is 4.24. The molecule has 3 aromatic rings. The van der Waals surface area contributed by atoms with E-state index in [-0.39, 0.29) is 10.3 Å². The van der Waals surface area contributed by atoms with Gasteiger partial charge in [0, 0.05) is 27.5 Å². The quantitative estimate of drug-likeness (QED) is 0.453. The van der Waals surface area contributed by atoms with Crippen molar-refractivity contribution in [1.29, 1.82) is 0 Å². The molecular formula is C22H28NOP. The van der Waals surface area contributed by atoms with E-state index in [4.69, 9.17) is 0 Å². The fourth-order valence-electron chi connectivity index (χ4n) is 3.90. The van der Waals surface area contributed by atoms with Crippen LogP contribution in [0.2, 0.25) is 0 Å². The summed E-state index contributed by atoms with van der Waals surface area (Å²) in [5, 5.41) is 0.490. The molecule has 0 fully saturated rings. The van der Waals surface area contributed by atoms with Gasteiger partial charge in [0.25, 0.3) is 0 Å². The van der Waals surface area contributed by atoms with E-state index in [0.717, 1.165) is 22.0 Å². The van der Waals surface area contributed by atoms with Crippen molar-refractivity contribution in [3.05, 3.63) is 60.8 Å². The van der Waals surface area contributed by atoms with Gasteiger partial charge in [0.05, 0.1) is 5.52 Å². The Bertz CT molecular complexity index is 922. The van der Waals surface area contributed by atoms with Gasteiger partial charge >= 0.3 is 0 Å². The summed E-state index contributed by atoms with van der Waals surface area (Å²) in [7, 11) is -2.77. The van der Waals surface area contributed by atoms with Gasteiger partial charge in [0.15, 0.2) is 7.29 Å². The first-order valence-corrected chi connectivity index (χ1v) is 10.5. The van der Waals surface area contributed by atoms with Crippen LogP contribution in [0.25, 0.3) is 22.0 Å². The van der Waals surface area contributed by atoms with Gasteiger partial charge in [-0.25, -0.2) is 0 Å². The molecule has 0 aliphatic carbocycles. The summed E-state index contributed by atoms with van der Waals surface area (Å²) in [5.74, 6) is 0. The summed E-state index contributed by atoms with van der Waals surface area (Å²) in [6.07, 6.45) is 2.11. The molecule has 2 aromatic carbocycles. The van der Waals surface area contributed by atoms with Crippen molar-refractivity contribution >= 4 is 18.2 Å². The topological polar surface area (TPSA) is 22.0 Å². The normalized spacial score (nSPS) is 13.4. The second-order valence-corrected chi connectivity index (χ2v) is 13.0. The Balaban J connectivity index is 2.40. The monoisotopic (exact) mass is 353 g/mol. The summed E-state index contributed by atoms with van der Waals surface area (Å²) >= 11 is 0. The largest absolute Gasteiger partial charge is 0.299 e. The molecule has 0 saturated heterocycles. The Hall–Kier alpha value is -1.79. The average Bonchev–Trinajstić information content (AvgIpc) is 2.92. The first-order chi connectivity index (χ1) is 11.6. The van der Waals surface area contributed by atoms with E-state index in [9.17, 15) is 4.57 Å². The molecule has 3 heteroatoms. The van der Waals surface area contributed by atoms with Gasteiger partial charge in [-0.2, -0.15) is 0 Å². The second-order valence-electron chi connectivity index (χ2n) is 8.69. The van der Waals surface area contributed by atoms with Crippen molar-refractivity contribution in [2.24, 2.45) is 0 Å². The molecule has 1 heterocycles. The zero-order valence-electron chi connectivity index (χ0n) is 16.1. The molecule has 0 aliphatic rings. The van der Waals surface area contributed by atoms with Gasteiger partial charge in [0.1, 0.15) is 0 Å². The molecule has 0 spiro atoms. The lowest BCUT2D eigenvalue weighted by atomic mass is 10.1. The highest BCUT2D eigenvalue weighted by Gasteiger charge is 2.48. The lowest BCUT2D eigenvalue weighted by Crippen LogP contribution is -2.32. The van der Waals surface area contributed by atoms with Crippen LogP contribution in [0.3, 0.4) is 0 Å². The maximum absolute atomic E-state index is 14.5. The highest BCUT2D eigenvalue weighted by Crippen LogP contribution is 2.68. The van der Waals surface area contributed by atoms with Gasteiger partial charge < -0.3 is 0 Å². The Morgan fingerprint density at radius 3 is 1.84 bits per heavy atom. The first kappa shape index (κ1) is 18.0. The lowest BCUT2D eigenvalue weighted by Gasteiger charge is -2.42. The zero-order chi connectivity index (χ0) is 18.5. The van der Waals surface area contributed by atoms with Crippen molar-refractivity contribution in [2.45, 2.75) is 51.9 Å². The van der Waals surface area contributed by atoms with Crippen molar-refractivity contribution < 1.29 is 4.57 Å². The molecule has 3 rings (SSSR count). The van der Waals surface area contributed by atoms with E-state index in [1.54, 1.807) is 0 Å². The molecule has 0 unspecified atom stereocenters. The minimum Gasteiger partial charge on any atom is -0.299 e. The fourth-order valence-corrected chi connectivity index (χ4v) is 7.96. The molecule has 1 aromatic heterocycles. The molecule has 0 radical (unpaired) electrons. The number of benzene rings is 2. The molecular weight excluding hydrogens is 325 g/mol. The third-order valence-electron chi connectivity index (χ3n) is 4.90. The van der Waals surface area contributed by atoms with Gasteiger partial charge in [0.2, 0.25) is 0 Å². The van der Waals surface area contributed by atoms with Gasteiger partial charge in [-0.15, -0.1) is 0 Å². The number of hydrogen-bond acceptors (Lipinski definition) is 1. The highest BCUT2D eigenvalue weighted by atomic mass is 31.2. The van der Waals surface area contributed by atoms with Crippen LogP contribution in [-0.2, 0) is 4.57 Å². The lowest BCUT2D eigenvalue weighted by molar-refractivity contribution is 0.510. The minimum absolute atomic E-state index is 0.332. The molecule has 0 saturated carbocycles. The molecule has 0 N–H and O–H groups in total. The third-order valence-corrected chi connectivity index (χ3v) is 9.47. The number of para-hydroxylation sites is 1. The van der Waals surface area contributed by atoms with Crippen LogP contribution in [0, 0.1) is 0 Å². The van der Waals surface area contributed by atoms with E-state index in [1.165, 1.54) is 0 Å². The molecule has 0 amide bonds. The molecule has 0 aliphatic heterocycles. The summed E-state index contributed by atoms with van der Waals surface area (Å²) < 4.78 is 16.6. The summed E-state index contributed by atoms with van der Waals surface area (Å²) in [4.78, 5) is 0. The smallest absolute Gasteiger partial charge is 0.186 e. The van der Waals surface area contributed by atoms with Crippen LogP contribution in [0.15, 0.2) is 60.8 Å². The number of rotatable bonds is 2. The predicted molar refractivity (Wildman–Crippen MR) is 110 cm³/mol. The number of hydrogen-bond donors (Lipinski definition) is 0. The van der Waals surface area contributed by atoms with Gasteiger partial charge in [-0.1, -0.05) is 90.1 Å². The molecule has 2 nitrogen and oxygen atoms in total. The van der Waals surface area contributed by atoms with E-state index < -0.39 is 7.29 Å². The standard InChI is InChI=1S/C22H28NOP/c1-21(2,3)25(24,22(4,5)6)23-16-19(17-12-8-7-9-13-17)18-14-10-11-15-20(18)23/h7-16H,1-6H3. The number of fused-ring (bicyclic) bond motifs is 1. The Morgan fingerprint density at radius 2 is 1.28 bits per heavy atom. The summed E-state index contributed by atoms with van der Waals surface area (Å²) in [6, 6.07) is 18.7. The van der Waals surface area contributed by atoms with Crippen LogP contribution >= 0.6 is 7.29 Å². The number of nitrogens with zero attached hydrogens (tertiary/aromatic N) is 1. The zero-order valence-corrected chi connectivity index (χ0v) is 17.0. The van der Waals surface area contributed by atoms with E-state index in [1.807, 2.05) is 12.1 Å². The second kappa shape index (κ2) is 5.88. The summed E-state index contributed by atoms with van der Waals surface area (Å²) in [6.45, 7) is 12.6. The van der Waals surface area contributed by atoms with Crippen molar-refractivity contribution in [2.75, 3.05) is 0 Å².